The summed E-state index contributed by atoms with van der Waals surface area (Å²) >= 11 is 3.00. The Hall–Kier alpha value is -1.61. The SMILES string of the molecule is OC(COc1c(F)cc(Br)cc1F)CN1CCC(C(O)c2ccc(F)cc2)CC1. The molecule has 0 spiro atoms. The van der Waals surface area contributed by atoms with Crippen molar-refractivity contribution in [1.29, 1.82) is 0 Å². The van der Waals surface area contributed by atoms with Crippen LogP contribution in [0, 0.1) is 23.4 Å². The van der Waals surface area contributed by atoms with Gasteiger partial charge in [0.15, 0.2) is 17.4 Å². The molecule has 1 fully saturated rings. The molecule has 2 aromatic rings. The van der Waals surface area contributed by atoms with E-state index in [4.69, 9.17) is 4.74 Å². The van der Waals surface area contributed by atoms with Crippen molar-refractivity contribution in [2.75, 3.05) is 26.2 Å². The maximum atomic E-state index is 13.8. The summed E-state index contributed by atoms with van der Waals surface area (Å²) in [5, 5.41) is 20.7. The minimum absolute atomic E-state index is 0.0519. The van der Waals surface area contributed by atoms with Crippen molar-refractivity contribution in [3.05, 3.63) is 63.9 Å². The first-order valence-electron chi connectivity index (χ1n) is 9.44. The Balaban J connectivity index is 1.45. The van der Waals surface area contributed by atoms with Gasteiger partial charge in [0.05, 0.1) is 6.10 Å². The molecule has 1 aliphatic rings. The van der Waals surface area contributed by atoms with Gasteiger partial charge in [-0.1, -0.05) is 28.1 Å². The highest BCUT2D eigenvalue weighted by Gasteiger charge is 2.27. The molecule has 0 amide bonds. The second kappa shape index (κ2) is 9.93. The quantitative estimate of drug-likeness (QED) is 0.636. The molecule has 8 heteroatoms. The number of nitrogens with zero attached hydrogens (tertiary/aromatic N) is 1. The molecule has 0 saturated carbocycles. The molecule has 2 aromatic carbocycles. The Morgan fingerprint density at radius 3 is 2.21 bits per heavy atom. The van der Waals surface area contributed by atoms with Crippen LogP contribution in [0.2, 0.25) is 0 Å². The van der Waals surface area contributed by atoms with Crippen LogP contribution in [0.1, 0.15) is 24.5 Å². The van der Waals surface area contributed by atoms with Crippen molar-refractivity contribution in [3.8, 4) is 5.75 Å². The number of aliphatic hydroxyl groups is 2. The van der Waals surface area contributed by atoms with E-state index in [2.05, 4.69) is 15.9 Å². The van der Waals surface area contributed by atoms with E-state index in [1.165, 1.54) is 12.1 Å². The van der Waals surface area contributed by atoms with Gasteiger partial charge in [-0.15, -0.1) is 0 Å². The predicted molar refractivity (Wildman–Crippen MR) is 106 cm³/mol. The summed E-state index contributed by atoms with van der Waals surface area (Å²) in [7, 11) is 0. The van der Waals surface area contributed by atoms with Crippen molar-refractivity contribution in [2.45, 2.75) is 25.0 Å². The molecule has 0 bridgehead atoms. The largest absolute Gasteiger partial charge is 0.485 e. The molecular weight excluding hydrogens is 451 g/mol. The van der Waals surface area contributed by atoms with E-state index < -0.39 is 29.6 Å². The maximum absolute atomic E-state index is 13.8. The second-order valence-corrected chi connectivity index (χ2v) is 8.21. The van der Waals surface area contributed by atoms with E-state index >= 15 is 0 Å². The van der Waals surface area contributed by atoms with Gasteiger partial charge < -0.3 is 19.8 Å². The minimum atomic E-state index is -0.906. The van der Waals surface area contributed by atoms with Crippen LogP contribution in [0.4, 0.5) is 13.2 Å². The molecular formula is C21H23BrF3NO3. The normalized spacial score (nSPS) is 17.9. The first-order valence-corrected chi connectivity index (χ1v) is 10.2. The third-order valence-corrected chi connectivity index (χ3v) is 5.60. The summed E-state index contributed by atoms with van der Waals surface area (Å²) in [6.45, 7) is 1.41. The lowest BCUT2D eigenvalue weighted by Crippen LogP contribution is -2.41. The molecule has 4 nitrogen and oxygen atoms in total. The molecule has 2 atom stereocenters. The minimum Gasteiger partial charge on any atom is -0.485 e. The average molecular weight is 474 g/mol. The van der Waals surface area contributed by atoms with Gasteiger partial charge in [0.2, 0.25) is 0 Å². The van der Waals surface area contributed by atoms with Crippen molar-refractivity contribution >= 4 is 15.9 Å². The summed E-state index contributed by atoms with van der Waals surface area (Å²) in [5.74, 6) is -2.46. The van der Waals surface area contributed by atoms with E-state index in [9.17, 15) is 23.4 Å². The molecule has 2 N–H and O–H groups in total. The number of β-amino-alcohol motifs (C(OH)–C–C–N with tert-alkyl or cyclic N) is 1. The molecule has 2 unspecified atom stereocenters. The number of rotatable bonds is 7. The maximum Gasteiger partial charge on any atom is 0.190 e. The number of ether oxygens (including phenoxy) is 1. The standard InChI is InChI=1S/C21H23BrF3NO3/c22-15-9-18(24)21(19(25)10-15)29-12-17(27)11-26-7-5-14(6-8-26)20(28)13-1-3-16(23)4-2-13/h1-4,9-10,14,17,20,27-28H,5-8,11-12H2. The topological polar surface area (TPSA) is 52.9 Å². The summed E-state index contributed by atoms with van der Waals surface area (Å²) < 4.78 is 46.0. The summed E-state index contributed by atoms with van der Waals surface area (Å²) in [6.07, 6.45) is -0.116. The van der Waals surface area contributed by atoms with E-state index in [0.29, 0.717) is 25.2 Å². The van der Waals surface area contributed by atoms with Gasteiger partial charge in [-0.2, -0.15) is 0 Å². The van der Waals surface area contributed by atoms with Crippen LogP contribution in [0.15, 0.2) is 40.9 Å². The van der Waals surface area contributed by atoms with Crippen LogP contribution in [-0.2, 0) is 0 Å². The third-order valence-electron chi connectivity index (χ3n) is 5.14. The third kappa shape index (κ3) is 5.94. The van der Waals surface area contributed by atoms with Gasteiger partial charge in [0.25, 0.3) is 0 Å². The fraction of sp³-hybridized carbons (Fsp3) is 0.429. The lowest BCUT2D eigenvalue weighted by Gasteiger charge is -2.35. The Morgan fingerprint density at radius 1 is 1.03 bits per heavy atom. The fourth-order valence-electron chi connectivity index (χ4n) is 3.58. The van der Waals surface area contributed by atoms with Crippen molar-refractivity contribution in [1.82, 2.24) is 4.90 Å². The average Bonchev–Trinajstić information content (AvgIpc) is 2.68. The molecule has 158 valence electrons. The second-order valence-electron chi connectivity index (χ2n) is 7.30. The lowest BCUT2D eigenvalue weighted by atomic mass is 9.87. The van der Waals surface area contributed by atoms with Gasteiger partial charge in [0, 0.05) is 11.0 Å². The molecule has 0 aromatic heterocycles. The molecule has 3 rings (SSSR count). The Bertz CT molecular complexity index is 790. The highest BCUT2D eigenvalue weighted by atomic mass is 79.9. The van der Waals surface area contributed by atoms with Gasteiger partial charge in [-0.25, -0.2) is 13.2 Å². The zero-order valence-corrected chi connectivity index (χ0v) is 17.3. The van der Waals surface area contributed by atoms with Gasteiger partial charge in [-0.05, 0) is 61.7 Å². The first-order chi connectivity index (χ1) is 13.8. The Kier molecular flexibility index (Phi) is 7.56. The molecule has 1 aliphatic heterocycles. The molecule has 0 aliphatic carbocycles. The van der Waals surface area contributed by atoms with Gasteiger partial charge in [-0.3, -0.25) is 0 Å². The van der Waals surface area contributed by atoms with Crippen LogP contribution < -0.4 is 4.74 Å². The molecule has 1 heterocycles. The lowest BCUT2D eigenvalue weighted by molar-refractivity contribution is 0.0268. The highest BCUT2D eigenvalue weighted by molar-refractivity contribution is 9.10. The van der Waals surface area contributed by atoms with Crippen molar-refractivity contribution < 1.29 is 28.1 Å². The van der Waals surface area contributed by atoms with Crippen LogP contribution in [0.3, 0.4) is 0 Å². The summed E-state index contributed by atoms with van der Waals surface area (Å²) in [6, 6.07) is 8.05. The molecule has 29 heavy (non-hydrogen) atoms. The number of aliphatic hydroxyl groups excluding tert-OH is 2. The van der Waals surface area contributed by atoms with E-state index in [1.807, 2.05) is 4.90 Å². The zero-order valence-electron chi connectivity index (χ0n) is 15.7. The van der Waals surface area contributed by atoms with Gasteiger partial charge in [0.1, 0.15) is 18.5 Å². The monoisotopic (exact) mass is 473 g/mol. The fourth-order valence-corrected chi connectivity index (χ4v) is 3.98. The van der Waals surface area contributed by atoms with Crippen LogP contribution in [0.25, 0.3) is 0 Å². The number of benzene rings is 2. The molecule has 0 radical (unpaired) electrons. The summed E-state index contributed by atoms with van der Waals surface area (Å²) in [5.41, 5.74) is 0.692. The van der Waals surface area contributed by atoms with E-state index in [0.717, 1.165) is 25.0 Å². The van der Waals surface area contributed by atoms with E-state index in [-0.39, 0.29) is 22.8 Å². The number of halogens is 4. The number of piperidine rings is 1. The number of likely N-dealkylation sites (tertiary alicyclic amines) is 1. The van der Waals surface area contributed by atoms with E-state index in [1.54, 1.807) is 12.1 Å². The molecule has 1 saturated heterocycles. The van der Waals surface area contributed by atoms with Crippen molar-refractivity contribution in [3.63, 3.8) is 0 Å². The van der Waals surface area contributed by atoms with Crippen LogP contribution in [0.5, 0.6) is 5.75 Å². The Labute approximate surface area is 176 Å². The number of hydrogen-bond acceptors (Lipinski definition) is 4. The van der Waals surface area contributed by atoms with Crippen LogP contribution in [-0.4, -0.2) is 47.5 Å². The first kappa shape index (κ1) is 22.1. The predicted octanol–water partition coefficient (Wildman–Crippen LogP) is 4.05. The number of hydrogen-bond donors (Lipinski definition) is 2. The zero-order chi connectivity index (χ0) is 21.0. The van der Waals surface area contributed by atoms with Crippen LogP contribution >= 0.6 is 15.9 Å². The summed E-state index contributed by atoms with van der Waals surface area (Å²) in [4.78, 5) is 2.02. The Morgan fingerprint density at radius 2 is 1.62 bits per heavy atom. The highest BCUT2D eigenvalue weighted by Crippen LogP contribution is 2.31. The smallest absolute Gasteiger partial charge is 0.190 e. The van der Waals surface area contributed by atoms with Crippen molar-refractivity contribution in [2.24, 2.45) is 5.92 Å². The van der Waals surface area contributed by atoms with Gasteiger partial charge >= 0.3 is 0 Å².